The zero-order valence-corrected chi connectivity index (χ0v) is 16.5. The molecule has 0 bridgehead atoms. The summed E-state index contributed by atoms with van der Waals surface area (Å²) in [4.78, 5) is 19.3. The van der Waals surface area contributed by atoms with Crippen molar-refractivity contribution in [2.75, 3.05) is 13.7 Å². The minimum Gasteiger partial charge on any atom is -0.496 e. The molecule has 0 spiro atoms. The number of methoxy groups -OCH3 is 1. The zero-order valence-electron chi connectivity index (χ0n) is 16.5. The van der Waals surface area contributed by atoms with E-state index in [0.717, 1.165) is 28.6 Å². The van der Waals surface area contributed by atoms with Gasteiger partial charge in [0.2, 0.25) is 0 Å². The fourth-order valence-electron chi connectivity index (χ4n) is 3.39. The number of nitrogens with zero attached hydrogens (tertiary/aromatic N) is 5. The van der Waals surface area contributed by atoms with Gasteiger partial charge in [0.05, 0.1) is 18.9 Å². The summed E-state index contributed by atoms with van der Waals surface area (Å²) in [6, 6.07) is 5.34. The van der Waals surface area contributed by atoms with E-state index in [1.165, 1.54) is 0 Å². The lowest BCUT2D eigenvalue weighted by atomic mass is 10.1. The maximum atomic E-state index is 13.1. The van der Waals surface area contributed by atoms with Crippen molar-refractivity contribution in [1.82, 2.24) is 19.7 Å². The van der Waals surface area contributed by atoms with Crippen LogP contribution in [0.4, 0.5) is 0 Å². The summed E-state index contributed by atoms with van der Waals surface area (Å²) in [7, 11) is 1.61. The molecule has 7 nitrogen and oxygen atoms in total. The van der Waals surface area contributed by atoms with Gasteiger partial charge in [-0.2, -0.15) is 0 Å². The fraction of sp³-hybridized carbons (Fsp3) is 0.400. The van der Waals surface area contributed by atoms with Gasteiger partial charge in [-0.3, -0.25) is 9.79 Å². The van der Waals surface area contributed by atoms with Crippen molar-refractivity contribution in [3.05, 3.63) is 53.3 Å². The second-order valence-corrected chi connectivity index (χ2v) is 6.82. The highest BCUT2D eigenvalue weighted by Gasteiger charge is 2.32. The van der Waals surface area contributed by atoms with Crippen LogP contribution in [0.25, 0.3) is 0 Å². The topological polar surface area (TPSA) is 72.6 Å². The summed E-state index contributed by atoms with van der Waals surface area (Å²) in [6.07, 6.45) is 0. The number of hydrogen-bond donors (Lipinski definition) is 0. The van der Waals surface area contributed by atoms with Crippen LogP contribution in [0.5, 0.6) is 5.75 Å². The Bertz CT molecular complexity index is 928. The Hall–Kier alpha value is -2.96. The average molecular weight is 367 g/mol. The Balaban J connectivity index is 1.89. The number of aryl methyl sites for hydroxylation is 1. The highest BCUT2D eigenvalue weighted by molar-refractivity contribution is 5.97. The van der Waals surface area contributed by atoms with Crippen molar-refractivity contribution < 1.29 is 9.53 Å². The monoisotopic (exact) mass is 367 g/mol. The summed E-state index contributed by atoms with van der Waals surface area (Å²) in [5.74, 6) is 2.16. The van der Waals surface area contributed by atoms with E-state index in [1.807, 2.05) is 49.3 Å². The lowest BCUT2D eigenvalue weighted by molar-refractivity contribution is 0.0637. The zero-order chi connectivity index (χ0) is 19.7. The van der Waals surface area contributed by atoms with Crippen LogP contribution in [0.2, 0.25) is 0 Å². The number of amides is 1. The molecule has 142 valence electrons. The SMILES string of the molecule is C=C(C)/N=C(\C)c1nnc2n1CCN(C(=O)c1ccc(C)c(OC)c1)[C@@H]2C. The molecular formula is C20H25N5O2. The maximum absolute atomic E-state index is 13.1. The van der Waals surface area contributed by atoms with Crippen LogP contribution in [-0.4, -0.2) is 44.9 Å². The first-order chi connectivity index (χ1) is 12.8. The third-order valence-electron chi connectivity index (χ3n) is 4.78. The number of carbonyl (C=O) groups is 1. The van der Waals surface area contributed by atoms with Crippen LogP contribution in [0.15, 0.2) is 35.5 Å². The van der Waals surface area contributed by atoms with Gasteiger partial charge in [0.15, 0.2) is 11.6 Å². The first-order valence-electron chi connectivity index (χ1n) is 8.93. The molecule has 3 rings (SSSR count). The van der Waals surface area contributed by atoms with Crippen molar-refractivity contribution >= 4 is 11.6 Å². The molecular weight excluding hydrogens is 342 g/mol. The minimum absolute atomic E-state index is 0.0380. The number of aliphatic imine (C=N–C) groups is 1. The second-order valence-electron chi connectivity index (χ2n) is 6.82. The number of allylic oxidation sites excluding steroid dienone is 1. The molecule has 1 amide bonds. The molecule has 1 atom stereocenters. The van der Waals surface area contributed by atoms with Gasteiger partial charge in [0, 0.05) is 24.4 Å². The van der Waals surface area contributed by atoms with Gasteiger partial charge in [-0.25, -0.2) is 0 Å². The number of aromatic nitrogens is 3. The molecule has 1 aliphatic rings. The average Bonchev–Trinajstić information content (AvgIpc) is 3.06. The summed E-state index contributed by atoms with van der Waals surface area (Å²) in [5.41, 5.74) is 3.10. The van der Waals surface area contributed by atoms with E-state index in [1.54, 1.807) is 13.2 Å². The third-order valence-corrected chi connectivity index (χ3v) is 4.78. The molecule has 0 aliphatic carbocycles. The quantitative estimate of drug-likeness (QED) is 0.778. The molecule has 2 aromatic rings. The molecule has 0 saturated carbocycles. The lowest BCUT2D eigenvalue weighted by Gasteiger charge is -2.34. The fourth-order valence-corrected chi connectivity index (χ4v) is 3.39. The van der Waals surface area contributed by atoms with Crippen molar-refractivity contribution in [2.45, 2.75) is 40.3 Å². The van der Waals surface area contributed by atoms with Crippen molar-refractivity contribution in [2.24, 2.45) is 4.99 Å². The molecule has 2 heterocycles. The van der Waals surface area contributed by atoms with Crippen LogP contribution in [-0.2, 0) is 6.54 Å². The maximum Gasteiger partial charge on any atom is 0.254 e. The van der Waals surface area contributed by atoms with E-state index < -0.39 is 0 Å². The molecule has 0 fully saturated rings. The number of carbonyl (C=O) groups excluding carboxylic acids is 1. The summed E-state index contributed by atoms with van der Waals surface area (Å²) in [5, 5.41) is 8.61. The Kier molecular flexibility index (Phi) is 5.12. The molecule has 1 aliphatic heterocycles. The van der Waals surface area contributed by atoms with Gasteiger partial charge >= 0.3 is 0 Å². The number of benzene rings is 1. The normalized spacial score (nSPS) is 16.9. The molecule has 0 saturated heterocycles. The van der Waals surface area contributed by atoms with Gasteiger partial charge in [-0.05, 0) is 45.4 Å². The Morgan fingerprint density at radius 2 is 2.04 bits per heavy atom. The highest BCUT2D eigenvalue weighted by Crippen LogP contribution is 2.28. The predicted octanol–water partition coefficient (Wildman–Crippen LogP) is 3.15. The minimum atomic E-state index is -0.183. The Morgan fingerprint density at radius 3 is 2.70 bits per heavy atom. The van der Waals surface area contributed by atoms with Crippen molar-refractivity contribution in [3.8, 4) is 5.75 Å². The van der Waals surface area contributed by atoms with Crippen LogP contribution in [0.3, 0.4) is 0 Å². The molecule has 27 heavy (non-hydrogen) atoms. The number of rotatable bonds is 4. The lowest BCUT2D eigenvalue weighted by Crippen LogP contribution is -2.41. The molecule has 1 aromatic heterocycles. The smallest absolute Gasteiger partial charge is 0.254 e. The van der Waals surface area contributed by atoms with E-state index >= 15 is 0 Å². The van der Waals surface area contributed by atoms with E-state index in [-0.39, 0.29) is 11.9 Å². The number of hydrogen-bond acceptors (Lipinski definition) is 5. The second kappa shape index (κ2) is 7.34. The largest absolute Gasteiger partial charge is 0.496 e. The van der Waals surface area contributed by atoms with Crippen LogP contribution in [0, 0.1) is 6.92 Å². The summed E-state index contributed by atoms with van der Waals surface area (Å²) >= 11 is 0. The highest BCUT2D eigenvalue weighted by atomic mass is 16.5. The third kappa shape index (κ3) is 3.49. The molecule has 1 aromatic carbocycles. The first-order valence-corrected chi connectivity index (χ1v) is 8.93. The molecule has 7 heteroatoms. The van der Waals surface area contributed by atoms with Gasteiger partial charge in [-0.1, -0.05) is 12.6 Å². The van der Waals surface area contributed by atoms with E-state index in [9.17, 15) is 4.79 Å². The molecule has 0 radical (unpaired) electrons. The standard InChI is InChI=1S/C20H25N5O2/c1-12(2)21-14(4)18-22-23-19-15(5)24(9-10-25(18)19)20(26)16-8-7-13(3)17(11-16)27-6/h7-8,11,15H,1,9-10H2,2-6H3/b21-14+/t15-/m1/s1. The summed E-state index contributed by atoms with van der Waals surface area (Å²) < 4.78 is 7.38. The first kappa shape index (κ1) is 18.8. The van der Waals surface area contributed by atoms with Crippen LogP contribution < -0.4 is 4.74 Å². The van der Waals surface area contributed by atoms with Crippen molar-refractivity contribution in [1.29, 1.82) is 0 Å². The number of ether oxygens (including phenoxy) is 1. The predicted molar refractivity (Wildman–Crippen MR) is 104 cm³/mol. The van der Waals surface area contributed by atoms with E-state index in [0.29, 0.717) is 24.4 Å². The van der Waals surface area contributed by atoms with Gasteiger partial charge in [-0.15, -0.1) is 10.2 Å². The van der Waals surface area contributed by atoms with E-state index in [4.69, 9.17) is 4.74 Å². The molecule has 0 N–H and O–H groups in total. The van der Waals surface area contributed by atoms with Crippen molar-refractivity contribution in [3.63, 3.8) is 0 Å². The van der Waals surface area contributed by atoms with Gasteiger partial charge < -0.3 is 14.2 Å². The van der Waals surface area contributed by atoms with Crippen LogP contribution >= 0.6 is 0 Å². The summed E-state index contributed by atoms with van der Waals surface area (Å²) in [6.45, 7) is 12.7. The Morgan fingerprint density at radius 1 is 1.30 bits per heavy atom. The van der Waals surface area contributed by atoms with Gasteiger partial charge in [0.1, 0.15) is 5.75 Å². The van der Waals surface area contributed by atoms with Crippen LogP contribution in [0.1, 0.15) is 54.4 Å². The van der Waals surface area contributed by atoms with Gasteiger partial charge in [0.25, 0.3) is 5.91 Å². The number of fused-ring (bicyclic) bond motifs is 1. The van der Waals surface area contributed by atoms with E-state index in [2.05, 4.69) is 21.8 Å². The Labute approximate surface area is 159 Å². The molecule has 0 unspecified atom stereocenters.